The van der Waals surface area contributed by atoms with Crippen LogP contribution in [0, 0.1) is 0 Å². The average Bonchev–Trinajstić information content (AvgIpc) is 2.81. The molecule has 2 fully saturated rings. The fraction of sp³-hybridized carbons (Fsp3) is 0.846. The van der Waals surface area contributed by atoms with Gasteiger partial charge < -0.3 is 15.2 Å². The van der Waals surface area contributed by atoms with Crippen molar-refractivity contribution in [3.8, 4) is 0 Å². The molecule has 3 unspecified atom stereocenters. The number of fused-ring (bicyclic) bond motifs is 2. The highest BCUT2D eigenvalue weighted by atomic mass is 16.5. The molecule has 3 atom stereocenters. The summed E-state index contributed by atoms with van der Waals surface area (Å²) in [5.41, 5.74) is 5.75. The molecule has 2 aliphatic heterocycles. The Kier molecular flexibility index (Phi) is 3.11. The summed E-state index contributed by atoms with van der Waals surface area (Å²) < 4.78 is 5.29. The number of nitrogens with two attached hydrogens (primary N) is 1. The predicted octanol–water partition coefficient (Wildman–Crippen LogP) is 1.30. The maximum atomic E-state index is 5.75. The zero-order valence-electron chi connectivity index (χ0n) is 11.2. The highest BCUT2D eigenvalue weighted by molar-refractivity contribution is 5.05. The third kappa shape index (κ3) is 2.17. The Morgan fingerprint density at radius 2 is 2.06 bits per heavy atom. The minimum atomic E-state index is 0.0759. The third-order valence-electron chi connectivity index (χ3n) is 4.44. The molecule has 2 bridgehead atoms. The van der Waals surface area contributed by atoms with Gasteiger partial charge in [0.2, 0.25) is 5.89 Å². The molecule has 0 spiro atoms. The Labute approximate surface area is 108 Å². The highest BCUT2D eigenvalue weighted by Gasteiger charge is 2.40. The van der Waals surface area contributed by atoms with Crippen molar-refractivity contribution >= 4 is 0 Å². The molecule has 2 aliphatic rings. The zero-order valence-corrected chi connectivity index (χ0v) is 11.2. The molecule has 0 aromatic carbocycles. The second-order valence-electron chi connectivity index (χ2n) is 5.95. The van der Waals surface area contributed by atoms with E-state index in [0.717, 1.165) is 5.82 Å². The van der Waals surface area contributed by atoms with Crippen molar-refractivity contribution in [3.63, 3.8) is 0 Å². The zero-order chi connectivity index (χ0) is 12.7. The van der Waals surface area contributed by atoms with Crippen LogP contribution in [-0.2, 0) is 6.42 Å². The van der Waals surface area contributed by atoms with E-state index in [1.165, 1.54) is 25.7 Å². The summed E-state index contributed by atoms with van der Waals surface area (Å²) in [7, 11) is 2.25. The lowest BCUT2D eigenvalue weighted by Crippen LogP contribution is -2.39. The summed E-state index contributed by atoms with van der Waals surface area (Å²) in [6.45, 7) is 1.96. The molecule has 18 heavy (non-hydrogen) atoms. The summed E-state index contributed by atoms with van der Waals surface area (Å²) in [5, 5.41) is 4.15. The van der Waals surface area contributed by atoms with Gasteiger partial charge in [-0.3, -0.25) is 0 Å². The van der Waals surface area contributed by atoms with E-state index in [1.807, 2.05) is 6.92 Å². The SMILES string of the molecule is CC(N)Cc1nc(C2CC3CCC(C2)N3C)no1. The lowest BCUT2D eigenvalue weighted by atomic mass is 9.90. The van der Waals surface area contributed by atoms with E-state index in [2.05, 4.69) is 22.1 Å². The van der Waals surface area contributed by atoms with Crippen LogP contribution in [0.25, 0.3) is 0 Å². The Morgan fingerprint density at radius 3 is 2.67 bits per heavy atom. The normalized spacial score (nSPS) is 33.8. The quantitative estimate of drug-likeness (QED) is 0.875. The number of rotatable bonds is 3. The standard InChI is InChI=1S/C13H22N4O/c1-8(14)5-12-15-13(16-18-12)9-6-10-3-4-11(7-9)17(10)2/h8-11H,3-7,14H2,1-2H3. The first-order valence-electron chi connectivity index (χ1n) is 6.93. The monoisotopic (exact) mass is 250 g/mol. The number of nitrogens with zero attached hydrogens (tertiary/aromatic N) is 3. The second-order valence-corrected chi connectivity index (χ2v) is 5.95. The first-order valence-corrected chi connectivity index (χ1v) is 6.93. The number of hydrogen-bond donors (Lipinski definition) is 1. The van der Waals surface area contributed by atoms with Crippen LogP contribution in [-0.4, -0.2) is 40.2 Å². The molecule has 1 aromatic rings. The molecule has 1 aromatic heterocycles. The first-order chi connectivity index (χ1) is 8.63. The van der Waals surface area contributed by atoms with Crippen molar-refractivity contribution in [2.75, 3.05) is 7.05 Å². The molecular weight excluding hydrogens is 228 g/mol. The Balaban J connectivity index is 1.70. The molecule has 3 rings (SSSR count). The van der Waals surface area contributed by atoms with E-state index in [-0.39, 0.29) is 6.04 Å². The van der Waals surface area contributed by atoms with Crippen molar-refractivity contribution in [1.29, 1.82) is 0 Å². The number of aromatic nitrogens is 2. The van der Waals surface area contributed by atoms with Gasteiger partial charge in [0, 0.05) is 30.5 Å². The molecule has 3 heterocycles. The van der Waals surface area contributed by atoms with E-state index in [1.54, 1.807) is 0 Å². The van der Waals surface area contributed by atoms with Gasteiger partial charge in [0.05, 0.1) is 0 Å². The maximum absolute atomic E-state index is 5.75. The maximum Gasteiger partial charge on any atom is 0.228 e. The molecule has 5 nitrogen and oxygen atoms in total. The molecule has 0 amide bonds. The van der Waals surface area contributed by atoms with Crippen LogP contribution in [0.4, 0.5) is 0 Å². The van der Waals surface area contributed by atoms with E-state index in [0.29, 0.717) is 30.3 Å². The van der Waals surface area contributed by atoms with E-state index < -0.39 is 0 Å². The van der Waals surface area contributed by atoms with Gasteiger partial charge in [-0.1, -0.05) is 5.16 Å². The summed E-state index contributed by atoms with van der Waals surface area (Å²) in [5.74, 6) is 2.06. The molecular formula is C13H22N4O. The fourth-order valence-corrected chi connectivity index (χ4v) is 3.41. The lowest BCUT2D eigenvalue weighted by molar-refractivity contribution is 0.157. The lowest BCUT2D eigenvalue weighted by Gasteiger charge is -2.34. The number of hydrogen-bond acceptors (Lipinski definition) is 5. The van der Waals surface area contributed by atoms with E-state index in [9.17, 15) is 0 Å². The minimum Gasteiger partial charge on any atom is -0.339 e. The fourth-order valence-electron chi connectivity index (χ4n) is 3.41. The molecule has 0 radical (unpaired) electrons. The van der Waals surface area contributed by atoms with E-state index >= 15 is 0 Å². The van der Waals surface area contributed by atoms with Gasteiger partial charge in [-0.15, -0.1) is 0 Å². The van der Waals surface area contributed by atoms with Gasteiger partial charge in [0.25, 0.3) is 0 Å². The topological polar surface area (TPSA) is 68.2 Å². The molecule has 100 valence electrons. The smallest absolute Gasteiger partial charge is 0.228 e. The van der Waals surface area contributed by atoms with Gasteiger partial charge in [-0.2, -0.15) is 4.98 Å². The van der Waals surface area contributed by atoms with Gasteiger partial charge in [-0.25, -0.2) is 0 Å². The summed E-state index contributed by atoms with van der Waals surface area (Å²) >= 11 is 0. The van der Waals surface area contributed by atoms with Gasteiger partial charge in [-0.05, 0) is 39.7 Å². The number of piperidine rings is 1. The van der Waals surface area contributed by atoms with Crippen LogP contribution < -0.4 is 5.73 Å². The molecule has 2 N–H and O–H groups in total. The van der Waals surface area contributed by atoms with Gasteiger partial charge in [0.1, 0.15) is 0 Å². The van der Waals surface area contributed by atoms with E-state index in [4.69, 9.17) is 10.3 Å². The summed E-state index contributed by atoms with van der Waals surface area (Å²) in [6.07, 6.45) is 5.66. The van der Waals surface area contributed by atoms with Crippen molar-refractivity contribution in [1.82, 2.24) is 15.0 Å². The molecule has 0 saturated carbocycles. The summed E-state index contributed by atoms with van der Waals surface area (Å²) in [6, 6.07) is 1.50. The van der Waals surface area contributed by atoms with Crippen molar-refractivity contribution in [3.05, 3.63) is 11.7 Å². The van der Waals surface area contributed by atoms with Crippen LogP contribution in [0.1, 0.15) is 50.2 Å². The average molecular weight is 250 g/mol. The second kappa shape index (κ2) is 4.63. The van der Waals surface area contributed by atoms with Crippen molar-refractivity contribution in [2.45, 2.75) is 63.1 Å². The largest absolute Gasteiger partial charge is 0.339 e. The Hall–Kier alpha value is -0.940. The Bertz CT molecular complexity index is 403. The molecule has 5 heteroatoms. The third-order valence-corrected chi connectivity index (χ3v) is 4.44. The van der Waals surface area contributed by atoms with Crippen molar-refractivity contribution in [2.24, 2.45) is 5.73 Å². The molecule has 2 saturated heterocycles. The van der Waals surface area contributed by atoms with Crippen LogP contribution >= 0.6 is 0 Å². The highest BCUT2D eigenvalue weighted by Crippen LogP contribution is 2.41. The molecule has 0 aliphatic carbocycles. The first kappa shape index (κ1) is 12.1. The van der Waals surface area contributed by atoms with Crippen LogP contribution in [0.5, 0.6) is 0 Å². The van der Waals surface area contributed by atoms with Crippen LogP contribution in [0.2, 0.25) is 0 Å². The Morgan fingerprint density at radius 1 is 1.39 bits per heavy atom. The van der Waals surface area contributed by atoms with Gasteiger partial charge >= 0.3 is 0 Å². The van der Waals surface area contributed by atoms with Crippen LogP contribution in [0.3, 0.4) is 0 Å². The van der Waals surface area contributed by atoms with Gasteiger partial charge in [0.15, 0.2) is 5.82 Å². The summed E-state index contributed by atoms with van der Waals surface area (Å²) in [4.78, 5) is 7.05. The predicted molar refractivity (Wildman–Crippen MR) is 68.2 cm³/mol. The van der Waals surface area contributed by atoms with Crippen LogP contribution in [0.15, 0.2) is 4.52 Å². The minimum absolute atomic E-state index is 0.0759. The van der Waals surface area contributed by atoms with Crippen molar-refractivity contribution < 1.29 is 4.52 Å².